The minimum absolute atomic E-state index is 0.160. The monoisotopic (exact) mass is 405 g/mol. The van der Waals surface area contributed by atoms with Crippen molar-refractivity contribution < 1.29 is 19.0 Å². The van der Waals surface area contributed by atoms with Crippen LogP contribution in [0.15, 0.2) is 60.7 Å². The molecule has 3 aromatic carbocycles. The Labute approximate surface area is 177 Å². The largest absolute Gasteiger partial charge is 0.497 e. The Kier molecular flexibility index (Phi) is 7.07. The van der Waals surface area contributed by atoms with Gasteiger partial charge in [0.1, 0.15) is 5.75 Å². The highest BCUT2D eigenvalue weighted by molar-refractivity contribution is 5.97. The van der Waals surface area contributed by atoms with Gasteiger partial charge in [-0.05, 0) is 66.4 Å². The van der Waals surface area contributed by atoms with Gasteiger partial charge in [0.25, 0.3) is 0 Å². The summed E-state index contributed by atoms with van der Waals surface area (Å²) in [5.74, 6) is 0.261. The van der Waals surface area contributed by atoms with Crippen LogP contribution in [0.2, 0.25) is 0 Å². The van der Waals surface area contributed by atoms with Crippen molar-refractivity contribution in [2.45, 2.75) is 26.2 Å². The average molecular weight is 405 g/mol. The molecule has 30 heavy (non-hydrogen) atoms. The Morgan fingerprint density at radius 2 is 1.60 bits per heavy atom. The van der Waals surface area contributed by atoms with Gasteiger partial charge in [0.05, 0.1) is 26.2 Å². The zero-order chi connectivity index (χ0) is 21.5. The quantitative estimate of drug-likeness (QED) is 0.322. The second-order valence-electron chi connectivity index (χ2n) is 6.94. The minimum atomic E-state index is -0.404. The summed E-state index contributed by atoms with van der Waals surface area (Å²) in [6.45, 7) is 4.47. The van der Waals surface area contributed by atoms with Crippen LogP contribution in [-0.4, -0.2) is 32.2 Å². The highest BCUT2D eigenvalue weighted by Gasteiger charge is 2.23. The van der Waals surface area contributed by atoms with Crippen LogP contribution >= 0.6 is 0 Å². The number of carbonyl (C=O) groups excluding carboxylic acids is 1. The van der Waals surface area contributed by atoms with E-state index in [1.54, 1.807) is 7.11 Å². The van der Waals surface area contributed by atoms with Crippen molar-refractivity contribution in [2.24, 2.45) is 0 Å². The summed E-state index contributed by atoms with van der Waals surface area (Å²) < 4.78 is 15.9. The van der Waals surface area contributed by atoms with Crippen molar-refractivity contribution in [3.8, 4) is 5.75 Å². The van der Waals surface area contributed by atoms with Crippen LogP contribution in [-0.2, 0) is 20.7 Å². The number of nitrogens with one attached hydrogen (secondary N) is 1. The summed E-state index contributed by atoms with van der Waals surface area (Å²) in [4.78, 5) is 12.7. The standard InChI is InChI=1S/C25H27NO4/c1-4-29-24(26)20-9-8-18-7-6-17(14-21(18)16-20)15-23(25(27)30-5-2)19-10-12-22(28-3)13-11-19/h6-14,16,23,26H,4-5,15H2,1-3H3. The molecule has 1 unspecified atom stereocenters. The number of carbonyl (C=O) groups is 1. The second-order valence-corrected chi connectivity index (χ2v) is 6.94. The molecule has 5 nitrogen and oxygen atoms in total. The summed E-state index contributed by atoms with van der Waals surface area (Å²) in [5.41, 5.74) is 2.65. The van der Waals surface area contributed by atoms with Gasteiger partial charge in [0.2, 0.25) is 5.90 Å². The van der Waals surface area contributed by atoms with E-state index in [0.29, 0.717) is 19.6 Å². The Morgan fingerprint density at radius 3 is 2.27 bits per heavy atom. The Bertz CT molecular complexity index is 1030. The molecule has 0 aromatic heterocycles. The van der Waals surface area contributed by atoms with Gasteiger partial charge >= 0.3 is 5.97 Å². The fourth-order valence-corrected chi connectivity index (χ4v) is 3.44. The fraction of sp³-hybridized carbons (Fsp3) is 0.280. The molecule has 0 saturated heterocycles. The zero-order valence-corrected chi connectivity index (χ0v) is 17.6. The van der Waals surface area contributed by atoms with E-state index < -0.39 is 5.92 Å². The van der Waals surface area contributed by atoms with E-state index in [2.05, 4.69) is 6.07 Å². The lowest BCUT2D eigenvalue weighted by molar-refractivity contribution is -0.144. The SMILES string of the molecule is CCOC(=N)c1ccc2ccc(CC(C(=O)OCC)c3ccc(OC)cc3)cc2c1. The molecule has 1 N–H and O–H groups in total. The molecule has 0 aliphatic carbocycles. The van der Waals surface area contributed by atoms with Crippen LogP contribution in [0.25, 0.3) is 10.8 Å². The number of hydrogen-bond acceptors (Lipinski definition) is 5. The highest BCUT2D eigenvalue weighted by Crippen LogP contribution is 2.27. The normalized spacial score (nSPS) is 11.7. The molecule has 0 spiro atoms. The summed E-state index contributed by atoms with van der Waals surface area (Å²) in [5, 5.41) is 10.1. The fourth-order valence-electron chi connectivity index (χ4n) is 3.44. The van der Waals surface area contributed by atoms with Crippen LogP contribution < -0.4 is 4.74 Å². The van der Waals surface area contributed by atoms with Crippen LogP contribution in [0.4, 0.5) is 0 Å². The third-order valence-electron chi connectivity index (χ3n) is 4.98. The van der Waals surface area contributed by atoms with Gasteiger partial charge in [-0.3, -0.25) is 10.2 Å². The van der Waals surface area contributed by atoms with E-state index in [1.807, 2.05) is 68.4 Å². The molecule has 0 heterocycles. The molecule has 3 rings (SSSR count). The van der Waals surface area contributed by atoms with Gasteiger partial charge in [0, 0.05) is 5.56 Å². The number of hydrogen-bond donors (Lipinski definition) is 1. The number of rotatable bonds is 8. The molecule has 1 atom stereocenters. The van der Waals surface area contributed by atoms with Crippen LogP contribution in [0, 0.1) is 5.41 Å². The third-order valence-corrected chi connectivity index (χ3v) is 4.98. The lowest BCUT2D eigenvalue weighted by Crippen LogP contribution is -2.18. The van der Waals surface area contributed by atoms with Crippen LogP contribution in [0.3, 0.4) is 0 Å². The number of ether oxygens (including phenoxy) is 3. The van der Waals surface area contributed by atoms with Gasteiger partial charge in [-0.1, -0.05) is 36.4 Å². The molecular formula is C25H27NO4. The van der Waals surface area contributed by atoms with E-state index >= 15 is 0 Å². The molecule has 0 saturated carbocycles. The number of benzene rings is 3. The summed E-state index contributed by atoms with van der Waals surface area (Å²) >= 11 is 0. The molecule has 0 aliphatic heterocycles. The molecule has 0 aliphatic rings. The maximum atomic E-state index is 12.7. The van der Waals surface area contributed by atoms with E-state index in [0.717, 1.165) is 33.2 Å². The van der Waals surface area contributed by atoms with Crippen LogP contribution in [0.5, 0.6) is 5.75 Å². The lowest BCUT2D eigenvalue weighted by Gasteiger charge is -2.17. The van der Waals surface area contributed by atoms with Crippen molar-refractivity contribution in [2.75, 3.05) is 20.3 Å². The lowest BCUT2D eigenvalue weighted by atomic mass is 9.91. The number of methoxy groups -OCH3 is 1. The first-order valence-electron chi connectivity index (χ1n) is 10.1. The summed E-state index contributed by atoms with van der Waals surface area (Å²) in [6, 6.07) is 19.5. The predicted octanol–water partition coefficient (Wildman–Crippen LogP) is 5.10. The van der Waals surface area contributed by atoms with Crippen LogP contribution in [0.1, 0.15) is 36.5 Å². The van der Waals surface area contributed by atoms with Gasteiger partial charge in [0.15, 0.2) is 0 Å². The van der Waals surface area contributed by atoms with Crippen molar-refractivity contribution in [1.82, 2.24) is 0 Å². The molecular weight excluding hydrogens is 378 g/mol. The van der Waals surface area contributed by atoms with Crippen molar-refractivity contribution in [3.05, 3.63) is 77.4 Å². The maximum Gasteiger partial charge on any atom is 0.313 e. The first-order chi connectivity index (χ1) is 14.5. The third kappa shape index (κ3) is 4.98. The Morgan fingerprint density at radius 1 is 0.900 bits per heavy atom. The van der Waals surface area contributed by atoms with Crippen molar-refractivity contribution in [3.63, 3.8) is 0 Å². The number of fused-ring (bicyclic) bond motifs is 1. The van der Waals surface area contributed by atoms with E-state index in [-0.39, 0.29) is 11.9 Å². The topological polar surface area (TPSA) is 68.6 Å². The average Bonchev–Trinajstić information content (AvgIpc) is 2.77. The molecule has 0 amide bonds. The summed E-state index contributed by atoms with van der Waals surface area (Å²) in [6.07, 6.45) is 0.522. The van der Waals surface area contributed by atoms with E-state index in [1.165, 1.54) is 0 Å². The molecule has 0 fully saturated rings. The highest BCUT2D eigenvalue weighted by atomic mass is 16.5. The van der Waals surface area contributed by atoms with Gasteiger partial charge < -0.3 is 14.2 Å². The maximum absolute atomic E-state index is 12.7. The Hall–Kier alpha value is -3.34. The molecule has 3 aromatic rings. The van der Waals surface area contributed by atoms with Gasteiger partial charge in [-0.2, -0.15) is 0 Å². The van der Waals surface area contributed by atoms with E-state index in [9.17, 15) is 4.79 Å². The molecule has 0 bridgehead atoms. The Balaban J connectivity index is 1.92. The molecule has 156 valence electrons. The minimum Gasteiger partial charge on any atom is -0.497 e. The molecule has 0 radical (unpaired) electrons. The summed E-state index contributed by atoms with van der Waals surface area (Å²) in [7, 11) is 1.62. The van der Waals surface area contributed by atoms with E-state index in [4.69, 9.17) is 19.6 Å². The molecule has 5 heteroatoms. The first kappa shape index (κ1) is 21.4. The zero-order valence-electron chi connectivity index (χ0n) is 17.6. The van der Waals surface area contributed by atoms with Gasteiger partial charge in [-0.15, -0.1) is 0 Å². The van der Waals surface area contributed by atoms with Crippen molar-refractivity contribution in [1.29, 1.82) is 5.41 Å². The first-order valence-corrected chi connectivity index (χ1v) is 10.1. The smallest absolute Gasteiger partial charge is 0.313 e. The second kappa shape index (κ2) is 9.92. The number of esters is 1. The predicted molar refractivity (Wildman–Crippen MR) is 118 cm³/mol. The van der Waals surface area contributed by atoms with Gasteiger partial charge in [-0.25, -0.2) is 0 Å². The van der Waals surface area contributed by atoms with Crippen molar-refractivity contribution >= 4 is 22.6 Å².